The summed E-state index contributed by atoms with van der Waals surface area (Å²) >= 11 is 3.17. The molecular formula is C17H18BrFN4O. The molecule has 1 aliphatic rings. The first-order valence-corrected chi connectivity index (χ1v) is 8.48. The molecule has 0 saturated carbocycles. The Labute approximate surface area is 148 Å². The van der Waals surface area contributed by atoms with Crippen molar-refractivity contribution in [2.45, 2.75) is 0 Å². The number of carbonyl (C=O) groups is 1. The van der Waals surface area contributed by atoms with Crippen LogP contribution in [0.3, 0.4) is 0 Å². The molecule has 3 rings (SSSR count). The van der Waals surface area contributed by atoms with Gasteiger partial charge in [0.1, 0.15) is 11.6 Å². The van der Waals surface area contributed by atoms with Gasteiger partial charge < -0.3 is 15.1 Å². The van der Waals surface area contributed by atoms with E-state index in [-0.39, 0.29) is 5.56 Å². The number of hydrogen-bond acceptors (Lipinski definition) is 4. The van der Waals surface area contributed by atoms with Gasteiger partial charge in [-0.1, -0.05) is 15.9 Å². The molecule has 1 aliphatic heterocycles. The first-order chi connectivity index (χ1) is 11.5. The molecule has 0 spiro atoms. The van der Waals surface area contributed by atoms with E-state index in [4.69, 9.17) is 0 Å². The molecule has 0 aliphatic carbocycles. The molecule has 5 nitrogen and oxygen atoms in total. The van der Waals surface area contributed by atoms with Crippen molar-refractivity contribution in [3.05, 3.63) is 52.4 Å². The van der Waals surface area contributed by atoms with Gasteiger partial charge in [-0.2, -0.15) is 0 Å². The van der Waals surface area contributed by atoms with E-state index >= 15 is 0 Å². The number of aromatic nitrogens is 1. The Morgan fingerprint density at radius 2 is 1.96 bits per heavy atom. The number of hydrogen-bond donors (Lipinski definition) is 1. The smallest absolute Gasteiger partial charge is 0.258 e. The van der Waals surface area contributed by atoms with Crippen LogP contribution in [0.25, 0.3) is 0 Å². The van der Waals surface area contributed by atoms with Crippen LogP contribution in [0.4, 0.5) is 15.9 Å². The van der Waals surface area contributed by atoms with Crippen molar-refractivity contribution in [3.8, 4) is 0 Å². The molecule has 24 heavy (non-hydrogen) atoms. The Kier molecular flexibility index (Phi) is 5.11. The average Bonchev–Trinajstić information content (AvgIpc) is 2.56. The molecule has 0 radical (unpaired) electrons. The Morgan fingerprint density at radius 3 is 2.58 bits per heavy atom. The van der Waals surface area contributed by atoms with Crippen molar-refractivity contribution in [2.75, 3.05) is 43.4 Å². The lowest BCUT2D eigenvalue weighted by molar-refractivity contribution is 0.102. The molecule has 2 aromatic rings. The van der Waals surface area contributed by atoms with Gasteiger partial charge in [-0.05, 0) is 37.4 Å². The van der Waals surface area contributed by atoms with Crippen LogP contribution in [0.5, 0.6) is 0 Å². The highest BCUT2D eigenvalue weighted by molar-refractivity contribution is 9.10. The molecular weight excluding hydrogens is 375 g/mol. The first kappa shape index (κ1) is 16.9. The lowest BCUT2D eigenvalue weighted by Crippen LogP contribution is -2.44. The summed E-state index contributed by atoms with van der Waals surface area (Å²) in [4.78, 5) is 21.0. The quantitative estimate of drug-likeness (QED) is 0.871. The maximum atomic E-state index is 13.8. The van der Waals surface area contributed by atoms with E-state index in [1.165, 1.54) is 12.1 Å². The van der Waals surface area contributed by atoms with Crippen LogP contribution in [-0.4, -0.2) is 49.0 Å². The fourth-order valence-electron chi connectivity index (χ4n) is 2.55. The maximum absolute atomic E-state index is 13.8. The van der Waals surface area contributed by atoms with Crippen LogP contribution in [-0.2, 0) is 0 Å². The monoisotopic (exact) mass is 392 g/mol. The molecule has 1 saturated heterocycles. The predicted molar refractivity (Wildman–Crippen MR) is 96.0 cm³/mol. The van der Waals surface area contributed by atoms with Crippen molar-refractivity contribution in [3.63, 3.8) is 0 Å². The van der Waals surface area contributed by atoms with E-state index in [2.05, 4.69) is 43.1 Å². The van der Waals surface area contributed by atoms with Crippen LogP contribution in [0.1, 0.15) is 10.4 Å². The zero-order valence-electron chi connectivity index (χ0n) is 13.3. The van der Waals surface area contributed by atoms with Gasteiger partial charge in [0.05, 0.1) is 17.4 Å². The zero-order chi connectivity index (χ0) is 17.1. The second-order valence-corrected chi connectivity index (χ2v) is 6.69. The average molecular weight is 393 g/mol. The number of piperazine rings is 1. The van der Waals surface area contributed by atoms with E-state index in [1.807, 2.05) is 6.07 Å². The number of benzene rings is 1. The van der Waals surface area contributed by atoms with Crippen molar-refractivity contribution in [1.82, 2.24) is 9.88 Å². The minimum Gasteiger partial charge on any atom is -0.354 e. The molecule has 1 aromatic heterocycles. The van der Waals surface area contributed by atoms with Gasteiger partial charge in [0.2, 0.25) is 0 Å². The van der Waals surface area contributed by atoms with Gasteiger partial charge in [-0.25, -0.2) is 9.37 Å². The zero-order valence-corrected chi connectivity index (χ0v) is 14.9. The lowest BCUT2D eigenvalue weighted by atomic mass is 10.2. The molecule has 0 atom stereocenters. The normalized spacial score (nSPS) is 15.4. The second kappa shape index (κ2) is 7.27. The predicted octanol–water partition coefficient (Wildman–Crippen LogP) is 2.99. The molecule has 1 amide bonds. The number of pyridine rings is 1. The van der Waals surface area contributed by atoms with E-state index in [0.29, 0.717) is 10.2 Å². The van der Waals surface area contributed by atoms with Crippen molar-refractivity contribution in [1.29, 1.82) is 0 Å². The number of likely N-dealkylation sites (N-methyl/N-ethyl adjacent to an activating group) is 1. The Hall–Kier alpha value is -1.99. The summed E-state index contributed by atoms with van der Waals surface area (Å²) in [5, 5.41) is 2.67. The molecule has 1 fully saturated rings. The van der Waals surface area contributed by atoms with Gasteiger partial charge >= 0.3 is 0 Å². The first-order valence-electron chi connectivity index (χ1n) is 7.69. The number of nitrogens with zero attached hydrogens (tertiary/aromatic N) is 3. The molecule has 1 aromatic carbocycles. The third kappa shape index (κ3) is 3.91. The van der Waals surface area contributed by atoms with Gasteiger partial charge in [0, 0.05) is 30.7 Å². The molecule has 0 unspecified atom stereocenters. The fourth-order valence-corrected chi connectivity index (χ4v) is 2.89. The van der Waals surface area contributed by atoms with Crippen molar-refractivity contribution in [2.24, 2.45) is 0 Å². The van der Waals surface area contributed by atoms with Gasteiger partial charge in [0.15, 0.2) is 0 Å². The minimum atomic E-state index is -0.566. The van der Waals surface area contributed by atoms with Gasteiger partial charge in [-0.3, -0.25) is 4.79 Å². The van der Waals surface area contributed by atoms with E-state index in [1.54, 1.807) is 18.3 Å². The number of amides is 1. The largest absolute Gasteiger partial charge is 0.354 e. The summed E-state index contributed by atoms with van der Waals surface area (Å²) in [6, 6.07) is 8.01. The standard InChI is InChI=1S/C17H18BrFN4O/c1-22-6-8-23(9-7-22)16-5-3-13(11-20-16)21-17(24)14-4-2-12(18)10-15(14)19/h2-5,10-11H,6-9H2,1H3,(H,21,24). The molecule has 2 heterocycles. The molecule has 7 heteroatoms. The topological polar surface area (TPSA) is 48.5 Å². The number of nitrogens with one attached hydrogen (secondary N) is 1. The van der Waals surface area contributed by atoms with E-state index in [9.17, 15) is 9.18 Å². The highest BCUT2D eigenvalue weighted by atomic mass is 79.9. The highest BCUT2D eigenvalue weighted by Gasteiger charge is 2.16. The molecule has 0 bridgehead atoms. The molecule has 1 N–H and O–H groups in total. The lowest BCUT2D eigenvalue weighted by Gasteiger charge is -2.33. The van der Waals surface area contributed by atoms with Gasteiger partial charge in [0.25, 0.3) is 5.91 Å². The van der Waals surface area contributed by atoms with Crippen molar-refractivity contribution >= 4 is 33.3 Å². The SMILES string of the molecule is CN1CCN(c2ccc(NC(=O)c3ccc(Br)cc3F)cn2)CC1. The number of anilines is 2. The van der Waals surface area contributed by atoms with Crippen LogP contribution >= 0.6 is 15.9 Å². The Morgan fingerprint density at radius 1 is 1.21 bits per heavy atom. The molecule has 126 valence electrons. The highest BCUT2D eigenvalue weighted by Crippen LogP contribution is 2.19. The summed E-state index contributed by atoms with van der Waals surface area (Å²) in [5.74, 6) is -0.172. The third-order valence-electron chi connectivity index (χ3n) is 4.01. The number of carbonyl (C=O) groups excluding carboxylic acids is 1. The summed E-state index contributed by atoms with van der Waals surface area (Å²) in [7, 11) is 2.10. The summed E-state index contributed by atoms with van der Waals surface area (Å²) < 4.78 is 14.4. The van der Waals surface area contributed by atoms with E-state index < -0.39 is 11.7 Å². The Balaban J connectivity index is 1.66. The number of halogens is 2. The second-order valence-electron chi connectivity index (χ2n) is 5.77. The van der Waals surface area contributed by atoms with Crippen molar-refractivity contribution < 1.29 is 9.18 Å². The Bertz CT molecular complexity index is 730. The van der Waals surface area contributed by atoms with Crippen LogP contribution in [0.2, 0.25) is 0 Å². The summed E-state index contributed by atoms with van der Waals surface area (Å²) in [6.45, 7) is 3.87. The maximum Gasteiger partial charge on any atom is 0.258 e. The van der Waals surface area contributed by atoms with Gasteiger partial charge in [-0.15, -0.1) is 0 Å². The third-order valence-corrected chi connectivity index (χ3v) is 4.50. The fraction of sp³-hybridized carbons (Fsp3) is 0.294. The number of rotatable bonds is 3. The van der Waals surface area contributed by atoms with Crippen LogP contribution in [0.15, 0.2) is 41.0 Å². The van der Waals surface area contributed by atoms with Crippen LogP contribution < -0.4 is 10.2 Å². The van der Waals surface area contributed by atoms with Crippen LogP contribution in [0, 0.1) is 5.82 Å². The summed E-state index contributed by atoms with van der Waals surface area (Å²) in [6.07, 6.45) is 1.60. The summed E-state index contributed by atoms with van der Waals surface area (Å²) in [5.41, 5.74) is 0.543. The minimum absolute atomic E-state index is 0.00124. The van der Waals surface area contributed by atoms with E-state index in [0.717, 1.165) is 32.0 Å².